The molecule has 0 bridgehead atoms. The van der Waals surface area contributed by atoms with E-state index in [4.69, 9.17) is 11.6 Å². The van der Waals surface area contributed by atoms with Crippen LogP contribution in [0.2, 0.25) is 5.02 Å². The molecule has 0 aromatic carbocycles. The minimum atomic E-state index is -4.46. The van der Waals surface area contributed by atoms with Crippen molar-refractivity contribution in [3.05, 3.63) is 22.8 Å². The largest absolute Gasteiger partial charge is 0.417 e. The van der Waals surface area contributed by atoms with E-state index in [1.54, 1.807) is 0 Å². The van der Waals surface area contributed by atoms with Crippen molar-refractivity contribution in [1.82, 2.24) is 14.8 Å². The highest BCUT2D eigenvalue weighted by Gasteiger charge is 2.34. The van der Waals surface area contributed by atoms with E-state index in [2.05, 4.69) is 9.88 Å². The number of pyridine rings is 1. The Morgan fingerprint density at radius 2 is 1.83 bits per heavy atom. The summed E-state index contributed by atoms with van der Waals surface area (Å²) in [5.74, 6) is 0.494. The maximum absolute atomic E-state index is 12.9. The Hall–Kier alpha value is -1.54. The third-order valence-corrected chi connectivity index (χ3v) is 6.42. The SMILES string of the molecule is CC(C(=O)N(C)C1CCCCC1)N1CCN(c2ncc(C(F)(F)F)cc2Cl)CC1. The number of nitrogens with zero attached hydrogens (tertiary/aromatic N) is 4. The molecule has 1 unspecified atom stereocenters. The lowest BCUT2D eigenvalue weighted by molar-refractivity contribution is -0.138. The van der Waals surface area contributed by atoms with Gasteiger partial charge in [0.25, 0.3) is 0 Å². The van der Waals surface area contributed by atoms with Gasteiger partial charge in [0.05, 0.1) is 16.6 Å². The molecule has 2 aliphatic rings. The van der Waals surface area contributed by atoms with Crippen molar-refractivity contribution in [2.24, 2.45) is 0 Å². The van der Waals surface area contributed by atoms with Crippen LogP contribution in [0.5, 0.6) is 0 Å². The molecule has 1 atom stereocenters. The van der Waals surface area contributed by atoms with E-state index in [-0.39, 0.29) is 17.0 Å². The zero-order valence-corrected chi connectivity index (χ0v) is 17.6. The zero-order chi connectivity index (χ0) is 21.2. The number of piperazine rings is 1. The first kappa shape index (κ1) is 22.2. The zero-order valence-electron chi connectivity index (χ0n) is 16.9. The second kappa shape index (κ2) is 9.08. The van der Waals surface area contributed by atoms with Crippen LogP contribution in [-0.2, 0) is 11.0 Å². The number of amides is 1. The summed E-state index contributed by atoms with van der Waals surface area (Å²) < 4.78 is 38.4. The monoisotopic (exact) mass is 432 g/mol. The summed E-state index contributed by atoms with van der Waals surface area (Å²) in [6.07, 6.45) is 2.09. The maximum atomic E-state index is 12.9. The van der Waals surface area contributed by atoms with Crippen LogP contribution in [0.3, 0.4) is 0 Å². The van der Waals surface area contributed by atoms with Gasteiger partial charge in [-0.3, -0.25) is 9.69 Å². The topological polar surface area (TPSA) is 39.7 Å². The Kier molecular flexibility index (Phi) is 6.94. The fourth-order valence-corrected chi connectivity index (χ4v) is 4.52. The number of hydrogen-bond acceptors (Lipinski definition) is 4. The molecular weight excluding hydrogens is 405 g/mol. The van der Waals surface area contributed by atoms with Gasteiger partial charge in [-0.15, -0.1) is 0 Å². The van der Waals surface area contributed by atoms with Crippen LogP contribution in [0, 0.1) is 0 Å². The molecule has 0 N–H and O–H groups in total. The molecule has 2 fully saturated rings. The number of alkyl halides is 3. The molecule has 2 heterocycles. The van der Waals surface area contributed by atoms with Gasteiger partial charge in [-0.25, -0.2) is 4.98 Å². The molecule has 9 heteroatoms. The minimum absolute atomic E-state index is 0.00516. The van der Waals surface area contributed by atoms with E-state index >= 15 is 0 Å². The van der Waals surface area contributed by atoms with Gasteiger partial charge < -0.3 is 9.80 Å². The van der Waals surface area contributed by atoms with Crippen molar-refractivity contribution in [2.45, 2.75) is 57.3 Å². The summed E-state index contributed by atoms with van der Waals surface area (Å²) in [6, 6.07) is 1.02. The van der Waals surface area contributed by atoms with Crippen LogP contribution in [0.15, 0.2) is 12.3 Å². The van der Waals surface area contributed by atoms with E-state index in [1.807, 2.05) is 23.8 Å². The Bertz CT molecular complexity index is 716. The molecule has 1 aromatic rings. The lowest BCUT2D eigenvalue weighted by Crippen LogP contribution is -2.55. The number of anilines is 1. The average Bonchev–Trinajstić information content (AvgIpc) is 2.72. The van der Waals surface area contributed by atoms with Crippen molar-refractivity contribution in [3.63, 3.8) is 0 Å². The lowest BCUT2D eigenvalue weighted by Gasteiger charge is -2.40. The number of rotatable bonds is 4. The highest BCUT2D eigenvalue weighted by molar-refractivity contribution is 6.33. The summed E-state index contributed by atoms with van der Waals surface area (Å²) in [6.45, 7) is 4.31. The summed E-state index contributed by atoms with van der Waals surface area (Å²) in [5.41, 5.74) is -0.852. The van der Waals surface area contributed by atoms with Gasteiger partial charge in [0.1, 0.15) is 5.82 Å². The molecule has 1 amide bonds. The molecule has 1 saturated heterocycles. The first-order valence-corrected chi connectivity index (χ1v) is 10.5. The number of aromatic nitrogens is 1. The van der Waals surface area contributed by atoms with Crippen LogP contribution < -0.4 is 4.90 Å². The first-order valence-electron chi connectivity index (χ1n) is 10.2. The van der Waals surface area contributed by atoms with Gasteiger partial charge in [-0.2, -0.15) is 13.2 Å². The van der Waals surface area contributed by atoms with E-state index in [0.717, 1.165) is 25.1 Å². The van der Waals surface area contributed by atoms with Gasteiger partial charge in [0, 0.05) is 45.5 Å². The third kappa shape index (κ3) is 5.15. The predicted octanol–water partition coefficient (Wildman–Crippen LogP) is 4.06. The maximum Gasteiger partial charge on any atom is 0.417 e. The fourth-order valence-electron chi connectivity index (χ4n) is 4.24. The summed E-state index contributed by atoms with van der Waals surface area (Å²) in [5, 5.41) is -0.00516. The van der Waals surface area contributed by atoms with Gasteiger partial charge in [-0.05, 0) is 25.8 Å². The molecule has 5 nitrogen and oxygen atoms in total. The quantitative estimate of drug-likeness (QED) is 0.719. The van der Waals surface area contributed by atoms with Crippen molar-refractivity contribution in [3.8, 4) is 0 Å². The van der Waals surface area contributed by atoms with Gasteiger partial charge >= 0.3 is 6.18 Å². The van der Waals surface area contributed by atoms with Crippen LogP contribution in [0.1, 0.15) is 44.6 Å². The van der Waals surface area contributed by atoms with Crippen LogP contribution in [0.25, 0.3) is 0 Å². The number of carbonyl (C=O) groups is 1. The molecule has 1 saturated carbocycles. The Morgan fingerprint density at radius 1 is 1.21 bits per heavy atom. The van der Waals surface area contributed by atoms with Crippen LogP contribution in [0.4, 0.5) is 19.0 Å². The standard InChI is InChI=1S/C20H28ClF3N4O/c1-14(19(29)26(2)16-6-4-3-5-7-16)27-8-10-28(11-9-27)18-17(21)12-15(13-25-18)20(22,23)24/h12-14,16H,3-11H2,1-2H3. The summed E-state index contributed by atoms with van der Waals surface area (Å²) in [4.78, 5) is 22.8. The Morgan fingerprint density at radius 3 is 2.38 bits per heavy atom. The molecule has 3 rings (SSSR count). The van der Waals surface area contributed by atoms with Gasteiger partial charge in [0.2, 0.25) is 5.91 Å². The van der Waals surface area contributed by atoms with E-state index in [0.29, 0.717) is 38.0 Å². The molecule has 162 valence electrons. The first-order chi connectivity index (χ1) is 13.7. The van der Waals surface area contributed by atoms with E-state index < -0.39 is 11.7 Å². The summed E-state index contributed by atoms with van der Waals surface area (Å²) in [7, 11) is 1.90. The minimum Gasteiger partial charge on any atom is -0.353 e. The molecule has 1 aromatic heterocycles. The smallest absolute Gasteiger partial charge is 0.353 e. The van der Waals surface area contributed by atoms with Crippen molar-refractivity contribution in [2.75, 3.05) is 38.1 Å². The number of likely N-dealkylation sites (N-methyl/N-ethyl adjacent to an activating group) is 1. The predicted molar refractivity (Wildman–Crippen MR) is 107 cm³/mol. The third-order valence-electron chi connectivity index (χ3n) is 6.14. The highest BCUT2D eigenvalue weighted by Crippen LogP contribution is 2.34. The number of carbonyl (C=O) groups excluding carboxylic acids is 1. The van der Waals surface area contributed by atoms with Gasteiger partial charge in [-0.1, -0.05) is 30.9 Å². The second-order valence-corrected chi connectivity index (χ2v) is 8.37. The van der Waals surface area contributed by atoms with Gasteiger partial charge in [0.15, 0.2) is 0 Å². The molecule has 29 heavy (non-hydrogen) atoms. The van der Waals surface area contributed by atoms with Crippen molar-refractivity contribution < 1.29 is 18.0 Å². The van der Waals surface area contributed by atoms with E-state index in [9.17, 15) is 18.0 Å². The fraction of sp³-hybridized carbons (Fsp3) is 0.700. The Balaban J connectivity index is 1.58. The lowest BCUT2D eigenvalue weighted by atomic mass is 9.94. The molecule has 0 radical (unpaired) electrons. The van der Waals surface area contributed by atoms with Crippen LogP contribution in [-0.4, -0.2) is 66.0 Å². The number of hydrogen-bond donors (Lipinski definition) is 0. The Labute approximate surface area is 174 Å². The summed E-state index contributed by atoms with van der Waals surface area (Å²) >= 11 is 6.07. The average molecular weight is 433 g/mol. The molecule has 0 spiro atoms. The molecular formula is C20H28ClF3N4O. The van der Waals surface area contributed by atoms with E-state index in [1.165, 1.54) is 19.3 Å². The second-order valence-electron chi connectivity index (χ2n) is 7.97. The van der Waals surface area contributed by atoms with Crippen LogP contribution >= 0.6 is 11.6 Å². The molecule has 1 aliphatic carbocycles. The molecule has 1 aliphatic heterocycles. The number of halogens is 4. The van der Waals surface area contributed by atoms with Crippen molar-refractivity contribution >= 4 is 23.3 Å². The normalized spacial score (nSPS) is 20.6. The van der Waals surface area contributed by atoms with Crippen molar-refractivity contribution in [1.29, 1.82) is 0 Å². The highest BCUT2D eigenvalue weighted by atomic mass is 35.5.